The highest BCUT2D eigenvalue weighted by molar-refractivity contribution is 5.78. The summed E-state index contributed by atoms with van der Waals surface area (Å²) in [6.07, 6.45) is 5.43. The Morgan fingerprint density at radius 2 is 1.87 bits per heavy atom. The number of pyridine rings is 1. The summed E-state index contributed by atoms with van der Waals surface area (Å²) in [5, 5.41) is 3.38. The lowest BCUT2D eigenvalue weighted by Crippen LogP contribution is -2.01. The van der Waals surface area contributed by atoms with Gasteiger partial charge in [0.15, 0.2) is 11.5 Å². The Morgan fingerprint density at radius 3 is 2.68 bits per heavy atom. The minimum atomic E-state index is 0.235. The van der Waals surface area contributed by atoms with Crippen molar-refractivity contribution in [2.45, 2.75) is 13.5 Å². The Bertz CT molecular complexity index is 1290. The normalized spacial score (nSPS) is 11.9. The monoisotopic (exact) mass is 408 g/mol. The van der Waals surface area contributed by atoms with E-state index in [9.17, 15) is 0 Å². The topological polar surface area (TPSA) is 72.1 Å². The summed E-state index contributed by atoms with van der Waals surface area (Å²) in [6, 6.07) is 19.5. The number of H-pyrrole nitrogens is 1. The average Bonchev–Trinajstić information content (AvgIpc) is 3.44. The second-order valence-electron chi connectivity index (χ2n) is 7.21. The molecule has 3 heterocycles. The fourth-order valence-corrected chi connectivity index (χ4v) is 3.50. The van der Waals surface area contributed by atoms with Crippen molar-refractivity contribution >= 4 is 5.69 Å². The fraction of sp³-hybridized carbons (Fsp3) is 0.120. The molecule has 1 aliphatic heterocycles. The van der Waals surface area contributed by atoms with E-state index in [0.717, 1.165) is 56.9 Å². The largest absolute Gasteiger partial charge is 0.454 e. The van der Waals surface area contributed by atoms with Gasteiger partial charge < -0.3 is 19.8 Å². The van der Waals surface area contributed by atoms with Crippen molar-refractivity contribution < 1.29 is 9.47 Å². The van der Waals surface area contributed by atoms with Crippen LogP contribution >= 0.6 is 0 Å². The number of aromatic nitrogens is 3. The van der Waals surface area contributed by atoms with Crippen molar-refractivity contribution in [3.63, 3.8) is 0 Å². The number of anilines is 1. The summed E-state index contributed by atoms with van der Waals surface area (Å²) in [5.41, 5.74) is 6.21. The Labute approximate surface area is 180 Å². The lowest BCUT2D eigenvalue weighted by molar-refractivity contribution is 0.174. The van der Waals surface area contributed by atoms with Crippen LogP contribution in [0.3, 0.4) is 0 Å². The molecule has 0 atom stereocenters. The number of benzene rings is 2. The maximum Gasteiger partial charge on any atom is 0.231 e. The van der Waals surface area contributed by atoms with Gasteiger partial charge in [0.1, 0.15) is 5.82 Å². The molecule has 0 aliphatic carbocycles. The zero-order valence-corrected chi connectivity index (χ0v) is 17.0. The van der Waals surface area contributed by atoms with E-state index in [4.69, 9.17) is 20.9 Å². The molecule has 0 radical (unpaired) electrons. The van der Waals surface area contributed by atoms with Crippen LogP contribution in [0.25, 0.3) is 22.6 Å². The van der Waals surface area contributed by atoms with Crippen molar-refractivity contribution in [3.8, 4) is 46.5 Å². The third kappa shape index (κ3) is 3.81. The molecule has 152 valence electrons. The number of hydrogen-bond donors (Lipinski definition) is 2. The predicted molar refractivity (Wildman–Crippen MR) is 120 cm³/mol. The van der Waals surface area contributed by atoms with E-state index in [-0.39, 0.29) is 6.79 Å². The zero-order chi connectivity index (χ0) is 21.2. The van der Waals surface area contributed by atoms with Gasteiger partial charge in [0.2, 0.25) is 6.79 Å². The number of nitrogens with zero attached hydrogens (tertiary/aromatic N) is 2. The number of terminal acetylenes is 1. The van der Waals surface area contributed by atoms with E-state index >= 15 is 0 Å². The van der Waals surface area contributed by atoms with E-state index in [1.54, 1.807) is 0 Å². The summed E-state index contributed by atoms with van der Waals surface area (Å²) < 4.78 is 11.0. The number of rotatable bonds is 5. The predicted octanol–water partition coefficient (Wildman–Crippen LogP) is 4.77. The van der Waals surface area contributed by atoms with E-state index < -0.39 is 0 Å². The lowest BCUT2D eigenvalue weighted by Gasteiger charge is -2.04. The average molecular weight is 408 g/mol. The third-order valence-electron chi connectivity index (χ3n) is 5.05. The highest BCUT2D eigenvalue weighted by Crippen LogP contribution is 2.38. The molecule has 6 heteroatoms. The first kappa shape index (κ1) is 18.8. The van der Waals surface area contributed by atoms with Crippen LogP contribution in [0.5, 0.6) is 11.5 Å². The van der Waals surface area contributed by atoms with Crippen LogP contribution in [0, 0.1) is 19.3 Å². The van der Waals surface area contributed by atoms with Crippen molar-refractivity contribution in [2.24, 2.45) is 0 Å². The molecule has 1 aliphatic rings. The highest BCUT2D eigenvalue weighted by atomic mass is 16.7. The maximum atomic E-state index is 5.55. The molecular weight excluding hydrogens is 388 g/mol. The van der Waals surface area contributed by atoms with Gasteiger partial charge in [0, 0.05) is 22.5 Å². The zero-order valence-electron chi connectivity index (χ0n) is 17.0. The van der Waals surface area contributed by atoms with Crippen molar-refractivity contribution in [3.05, 3.63) is 77.7 Å². The summed E-state index contributed by atoms with van der Waals surface area (Å²) in [5.74, 6) is 4.88. The van der Waals surface area contributed by atoms with Gasteiger partial charge in [-0.1, -0.05) is 12.0 Å². The molecule has 31 heavy (non-hydrogen) atoms. The molecule has 0 saturated heterocycles. The molecule has 6 nitrogen and oxygen atoms in total. The van der Waals surface area contributed by atoms with Gasteiger partial charge in [-0.15, -0.1) is 6.42 Å². The molecule has 0 spiro atoms. The summed E-state index contributed by atoms with van der Waals surface area (Å²) in [6.45, 7) is 2.74. The lowest BCUT2D eigenvalue weighted by atomic mass is 10.1. The molecule has 0 fully saturated rings. The standard InChI is InChI=1S/C25H20N4O2/c1-3-17-7-10-19(11-8-17)26-14-23-28-24(18-9-12-21-22(13-18)31-15-30-21)25(29-23)20-6-4-5-16(2)27-20/h1,4-13,26H,14-15H2,2H3,(H,28,29). The van der Waals surface area contributed by atoms with Crippen LogP contribution < -0.4 is 14.8 Å². The Kier molecular flexibility index (Phi) is 4.77. The smallest absolute Gasteiger partial charge is 0.231 e. The number of aromatic amines is 1. The van der Waals surface area contributed by atoms with E-state index in [0.29, 0.717) is 6.54 Å². The minimum Gasteiger partial charge on any atom is -0.454 e. The molecule has 4 aromatic rings. The second-order valence-corrected chi connectivity index (χ2v) is 7.21. The molecule has 0 saturated carbocycles. The van der Waals surface area contributed by atoms with Crippen LogP contribution in [0.1, 0.15) is 17.1 Å². The first-order chi connectivity index (χ1) is 15.2. The Hall–Kier alpha value is -4.24. The number of imidazole rings is 1. The third-order valence-corrected chi connectivity index (χ3v) is 5.05. The first-order valence-electron chi connectivity index (χ1n) is 9.93. The number of aryl methyl sites for hydroxylation is 1. The van der Waals surface area contributed by atoms with Gasteiger partial charge in [-0.3, -0.25) is 4.98 Å². The van der Waals surface area contributed by atoms with Gasteiger partial charge in [-0.05, 0) is 61.5 Å². The molecule has 0 bridgehead atoms. The van der Waals surface area contributed by atoms with Crippen LogP contribution in [0.15, 0.2) is 60.7 Å². The van der Waals surface area contributed by atoms with Gasteiger partial charge in [0.05, 0.1) is 23.6 Å². The molecule has 5 rings (SSSR count). The second kappa shape index (κ2) is 7.88. The van der Waals surface area contributed by atoms with Gasteiger partial charge in [0.25, 0.3) is 0 Å². The molecule has 2 aromatic heterocycles. The Morgan fingerprint density at radius 1 is 1.03 bits per heavy atom. The number of nitrogens with one attached hydrogen (secondary N) is 2. The molecular formula is C25H20N4O2. The number of ether oxygens (including phenoxy) is 2. The number of hydrogen-bond acceptors (Lipinski definition) is 5. The summed E-state index contributed by atoms with van der Waals surface area (Å²) in [7, 11) is 0. The van der Waals surface area contributed by atoms with Gasteiger partial charge >= 0.3 is 0 Å². The molecule has 0 unspecified atom stereocenters. The molecule has 2 aromatic carbocycles. The Balaban J connectivity index is 1.49. The SMILES string of the molecule is C#Cc1ccc(NCc2nc(-c3ccc4c(c3)OCO4)c(-c3cccc(C)n3)[nH]2)cc1. The number of fused-ring (bicyclic) bond motifs is 1. The van der Waals surface area contributed by atoms with Gasteiger partial charge in [-0.2, -0.15) is 0 Å². The minimum absolute atomic E-state index is 0.235. The molecule has 0 amide bonds. The van der Waals surface area contributed by atoms with Gasteiger partial charge in [-0.25, -0.2) is 4.98 Å². The maximum absolute atomic E-state index is 5.55. The van der Waals surface area contributed by atoms with E-state index in [2.05, 4.69) is 21.2 Å². The van der Waals surface area contributed by atoms with Crippen LogP contribution in [-0.4, -0.2) is 21.7 Å². The highest BCUT2D eigenvalue weighted by Gasteiger charge is 2.19. The summed E-state index contributed by atoms with van der Waals surface area (Å²) >= 11 is 0. The fourth-order valence-electron chi connectivity index (χ4n) is 3.50. The van der Waals surface area contributed by atoms with E-state index in [1.165, 1.54) is 0 Å². The summed E-state index contributed by atoms with van der Waals surface area (Å²) in [4.78, 5) is 13.0. The van der Waals surface area contributed by atoms with Crippen LogP contribution in [0.4, 0.5) is 5.69 Å². The van der Waals surface area contributed by atoms with Crippen LogP contribution in [-0.2, 0) is 6.54 Å². The first-order valence-corrected chi connectivity index (χ1v) is 9.93. The molecule has 2 N–H and O–H groups in total. The quantitative estimate of drug-likeness (QED) is 0.466. The van der Waals surface area contributed by atoms with Crippen LogP contribution in [0.2, 0.25) is 0 Å². The van der Waals surface area contributed by atoms with Crippen molar-refractivity contribution in [2.75, 3.05) is 12.1 Å². The van der Waals surface area contributed by atoms with Crippen molar-refractivity contribution in [1.29, 1.82) is 0 Å². The van der Waals surface area contributed by atoms with E-state index in [1.807, 2.05) is 67.6 Å². The van der Waals surface area contributed by atoms with Crippen molar-refractivity contribution in [1.82, 2.24) is 15.0 Å².